The third-order valence-corrected chi connectivity index (χ3v) is 3.87. The second-order valence-corrected chi connectivity index (χ2v) is 5.91. The van der Waals surface area contributed by atoms with Crippen LogP contribution in [0.4, 0.5) is 0 Å². The number of carbonyl (C=O) groups is 1. The third kappa shape index (κ3) is 5.07. The van der Waals surface area contributed by atoms with Gasteiger partial charge in [0.1, 0.15) is 0 Å². The molecular weight excluding hydrogens is 212 g/mol. The predicted molar refractivity (Wildman–Crippen MR) is 71.6 cm³/mol. The first-order valence-corrected chi connectivity index (χ1v) is 7.00. The molecule has 0 saturated heterocycles. The van der Waals surface area contributed by atoms with E-state index in [1.54, 1.807) is 0 Å². The highest BCUT2D eigenvalue weighted by atomic mass is 16.2. The zero-order valence-electron chi connectivity index (χ0n) is 11.6. The second-order valence-electron chi connectivity index (χ2n) is 5.91. The minimum Gasteiger partial charge on any atom is -0.346 e. The number of nitrogens with zero attached hydrogens (tertiary/aromatic N) is 1. The molecule has 3 nitrogen and oxygen atoms in total. The minimum absolute atomic E-state index is 0.242. The van der Waals surface area contributed by atoms with Gasteiger partial charge in [-0.2, -0.15) is 0 Å². The maximum Gasteiger partial charge on any atom is 0.222 e. The van der Waals surface area contributed by atoms with E-state index in [0.717, 1.165) is 25.8 Å². The van der Waals surface area contributed by atoms with Crippen LogP contribution in [0.2, 0.25) is 0 Å². The van der Waals surface area contributed by atoms with Crippen LogP contribution in [0.15, 0.2) is 0 Å². The summed E-state index contributed by atoms with van der Waals surface area (Å²) in [5, 5.41) is 0. The fourth-order valence-corrected chi connectivity index (χ4v) is 2.45. The molecule has 0 radical (unpaired) electrons. The van der Waals surface area contributed by atoms with Crippen molar-refractivity contribution in [1.82, 2.24) is 4.90 Å². The third-order valence-electron chi connectivity index (χ3n) is 3.87. The average Bonchev–Trinajstić information content (AvgIpc) is 2.28. The molecule has 0 aromatic heterocycles. The zero-order valence-corrected chi connectivity index (χ0v) is 11.6. The van der Waals surface area contributed by atoms with Crippen molar-refractivity contribution in [2.45, 2.75) is 58.4 Å². The molecule has 2 unspecified atom stereocenters. The summed E-state index contributed by atoms with van der Waals surface area (Å²) in [6.07, 6.45) is 6.42. The molecule has 1 saturated carbocycles. The Kier molecular flexibility index (Phi) is 5.96. The van der Waals surface area contributed by atoms with Gasteiger partial charge >= 0.3 is 0 Å². The molecule has 0 aromatic carbocycles. The summed E-state index contributed by atoms with van der Waals surface area (Å²) in [7, 11) is 1.92. The van der Waals surface area contributed by atoms with Crippen LogP contribution < -0.4 is 5.73 Å². The average molecular weight is 240 g/mol. The fraction of sp³-hybridized carbons (Fsp3) is 0.929. The van der Waals surface area contributed by atoms with Gasteiger partial charge in [-0.15, -0.1) is 0 Å². The molecule has 1 aliphatic carbocycles. The quantitative estimate of drug-likeness (QED) is 0.802. The Morgan fingerprint density at radius 1 is 1.35 bits per heavy atom. The molecule has 2 atom stereocenters. The molecule has 0 aliphatic heterocycles. The Hall–Kier alpha value is -0.570. The van der Waals surface area contributed by atoms with Crippen molar-refractivity contribution < 1.29 is 4.79 Å². The van der Waals surface area contributed by atoms with Crippen molar-refractivity contribution >= 4 is 5.91 Å². The molecule has 3 heteroatoms. The highest BCUT2D eigenvalue weighted by Gasteiger charge is 2.25. The van der Waals surface area contributed by atoms with Gasteiger partial charge in [0.2, 0.25) is 5.91 Å². The molecule has 0 spiro atoms. The predicted octanol–water partition coefficient (Wildman–Crippen LogP) is 2.40. The smallest absolute Gasteiger partial charge is 0.222 e. The second kappa shape index (κ2) is 7.00. The number of hydrogen-bond donors (Lipinski definition) is 1. The first-order valence-electron chi connectivity index (χ1n) is 7.00. The van der Waals surface area contributed by atoms with E-state index in [0.29, 0.717) is 18.3 Å². The Labute approximate surface area is 106 Å². The van der Waals surface area contributed by atoms with E-state index in [9.17, 15) is 4.79 Å². The van der Waals surface area contributed by atoms with E-state index < -0.39 is 0 Å². The summed E-state index contributed by atoms with van der Waals surface area (Å²) in [5.41, 5.74) is 6.08. The van der Waals surface area contributed by atoms with Crippen molar-refractivity contribution in [2.75, 3.05) is 13.6 Å². The van der Waals surface area contributed by atoms with E-state index in [1.807, 2.05) is 11.9 Å². The van der Waals surface area contributed by atoms with Gasteiger partial charge < -0.3 is 10.6 Å². The van der Waals surface area contributed by atoms with Crippen molar-refractivity contribution in [2.24, 2.45) is 17.6 Å². The van der Waals surface area contributed by atoms with Crippen LogP contribution in [0.5, 0.6) is 0 Å². The summed E-state index contributed by atoms with van der Waals surface area (Å²) in [4.78, 5) is 13.9. The van der Waals surface area contributed by atoms with Crippen molar-refractivity contribution in [1.29, 1.82) is 0 Å². The molecule has 0 bridgehead atoms. The lowest BCUT2D eigenvalue weighted by molar-refractivity contribution is -0.131. The van der Waals surface area contributed by atoms with Gasteiger partial charge in [0.25, 0.3) is 0 Å². The number of rotatable bonds is 5. The van der Waals surface area contributed by atoms with Crippen LogP contribution in [0.3, 0.4) is 0 Å². The molecule has 1 aliphatic rings. The normalized spacial score (nSPS) is 25.0. The molecule has 1 fully saturated rings. The van der Waals surface area contributed by atoms with Crippen LogP contribution >= 0.6 is 0 Å². The SMILES string of the molecule is CC(C)CCN(C)C(=O)CC1CCCCC1N. The van der Waals surface area contributed by atoms with Crippen LogP contribution in [-0.2, 0) is 4.79 Å². The van der Waals surface area contributed by atoms with Gasteiger partial charge in [-0.1, -0.05) is 26.7 Å². The van der Waals surface area contributed by atoms with E-state index in [4.69, 9.17) is 5.73 Å². The minimum atomic E-state index is 0.242. The summed E-state index contributed by atoms with van der Waals surface area (Å²) in [5.74, 6) is 1.34. The van der Waals surface area contributed by atoms with Gasteiger partial charge in [0, 0.05) is 26.1 Å². The molecule has 0 heterocycles. The van der Waals surface area contributed by atoms with Crippen molar-refractivity contribution in [3.8, 4) is 0 Å². The number of carbonyl (C=O) groups excluding carboxylic acids is 1. The summed E-state index contributed by atoms with van der Waals surface area (Å²) >= 11 is 0. The highest BCUT2D eigenvalue weighted by Crippen LogP contribution is 2.26. The van der Waals surface area contributed by atoms with E-state index in [-0.39, 0.29) is 11.9 Å². The Morgan fingerprint density at radius 3 is 2.59 bits per heavy atom. The monoisotopic (exact) mass is 240 g/mol. The van der Waals surface area contributed by atoms with E-state index >= 15 is 0 Å². The maximum atomic E-state index is 12.0. The van der Waals surface area contributed by atoms with Crippen LogP contribution in [-0.4, -0.2) is 30.4 Å². The van der Waals surface area contributed by atoms with Gasteiger partial charge in [-0.05, 0) is 31.1 Å². The van der Waals surface area contributed by atoms with Crippen molar-refractivity contribution in [3.63, 3.8) is 0 Å². The topological polar surface area (TPSA) is 46.3 Å². The van der Waals surface area contributed by atoms with Crippen LogP contribution in [0.25, 0.3) is 0 Å². The summed E-state index contributed by atoms with van der Waals surface area (Å²) in [6, 6.07) is 0.242. The summed E-state index contributed by atoms with van der Waals surface area (Å²) in [6.45, 7) is 5.25. The maximum absolute atomic E-state index is 12.0. The van der Waals surface area contributed by atoms with Gasteiger partial charge in [-0.3, -0.25) is 4.79 Å². The molecule has 0 aromatic rings. The van der Waals surface area contributed by atoms with Crippen LogP contribution in [0, 0.1) is 11.8 Å². The molecule has 1 rings (SSSR count). The largest absolute Gasteiger partial charge is 0.346 e. The van der Waals surface area contributed by atoms with Gasteiger partial charge in [0.05, 0.1) is 0 Å². The van der Waals surface area contributed by atoms with Crippen molar-refractivity contribution in [3.05, 3.63) is 0 Å². The molecule has 1 amide bonds. The fourth-order valence-electron chi connectivity index (χ4n) is 2.45. The van der Waals surface area contributed by atoms with Gasteiger partial charge in [-0.25, -0.2) is 0 Å². The van der Waals surface area contributed by atoms with E-state index in [2.05, 4.69) is 13.8 Å². The molecular formula is C14H28N2O. The number of hydrogen-bond acceptors (Lipinski definition) is 2. The Bertz CT molecular complexity index is 240. The lowest BCUT2D eigenvalue weighted by Crippen LogP contribution is -2.38. The molecule has 100 valence electrons. The first kappa shape index (κ1) is 14.5. The lowest BCUT2D eigenvalue weighted by Gasteiger charge is -2.29. The molecule has 2 N–H and O–H groups in total. The highest BCUT2D eigenvalue weighted by molar-refractivity contribution is 5.76. The first-order chi connectivity index (χ1) is 8.00. The number of amides is 1. The van der Waals surface area contributed by atoms with E-state index in [1.165, 1.54) is 12.8 Å². The molecule has 17 heavy (non-hydrogen) atoms. The van der Waals surface area contributed by atoms with Crippen LogP contribution in [0.1, 0.15) is 52.4 Å². The number of nitrogens with two attached hydrogens (primary N) is 1. The summed E-state index contributed by atoms with van der Waals surface area (Å²) < 4.78 is 0. The Morgan fingerprint density at radius 2 is 2.00 bits per heavy atom. The van der Waals surface area contributed by atoms with Gasteiger partial charge in [0.15, 0.2) is 0 Å². The zero-order chi connectivity index (χ0) is 12.8. The Balaban J connectivity index is 2.31. The lowest BCUT2D eigenvalue weighted by atomic mass is 9.83. The standard InChI is InChI=1S/C14H28N2O/c1-11(2)8-9-16(3)14(17)10-12-6-4-5-7-13(12)15/h11-13H,4-10,15H2,1-3H3.